The van der Waals surface area contributed by atoms with Gasteiger partial charge >= 0.3 is 0 Å². The van der Waals surface area contributed by atoms with E-state index in [0.29, 0.717) is 0 Å². The summed E-state index contributed by atoms with van der Waals surface area (Å²) in [5, 5.41) is 7.95. The number of hydrogen-bond donors (Lipinski definition) is 0. The minimum atomic E-state index is -0.607. The van der Waals surface area contributed by atoms with Crippen LogP contribution in [0.4, 0.5) is 0 Å². The third kappa shape index (κ3) is 4.31. The van der Waals surface area contributed by atoms with E-state index in [2.05, 4.69) is 12.1 Å². The normalized spacial score (nSPS) is 11.6. The monoisotopic (exact) mass is 271 g/mol. The van der Waals surface area contributed by atoms with Crippen LogP contribution in [0.3, 0.4) is 0 Å². The second-order valence-electron chi connectivity index (χ2n) is 4.21. The fraction of sp³-hybridized carbons (Fsp3) is 0.188. The van der Waals surface area contributed by atoms with E-state index in [1.807, 2.05) is 48.5 Å². The van der Waals surface area contributed by atoms with Crippen LogP contribution in [0.25, 0.3) is 0 Å². The molecular formula is C16H14ClNO. The predicted octanol–water partition coefficient (Wildman–Crippen LogP) is 3.79. The van der Waals surface area contributed by atoms with E-state index in [1.54, 1.807) is 0 Å². The van der Waals surface area contributed by atoms with Gasteiger partial charge in [0.2, 0.25) is 0 Å². The van der Waals surface area contributed by atoms with Gasteiger partial charge in [0.25, 0.3) is 0 Å². The Bertz CT molecular complexity index is 545. The summed E-state index contributed by atoms with van der Waals surface area (Å²) in [5.41, 5.74) is 2.50. The summed E-state index contributed by atoms with van der Waals surface area (Å²) in [5.74, 6) is 0.734. The van der Waals surface area contributed by atoms with E-state index in [0.717, 1.165) is 12.2 Å². The quantitative estimate of drug-likeness (QED) is 0.775. The summed E-state index contributed by atoms with van der Waals surface area (Å²) in [6.45, 7) is 0.204. The van der Waals surface area contributed by atoms with Crippen LogP contribution < -0.4 is 4.74 Å². The Kier molecular flexibility index (Phi) is 4.83. The summed E-state index contributed by atoms with van der Waals surface area (Å²) in [4.78, 5) is 0. The van der Waals surface area contributed by atoms with Gasteiger partial charge in [-0.15, -0.1) is 11.6 Å². The average molecular weight is 272 g/mol. The van der Waals surface area contributed by atoms with Gasteiger partial charge in [0.05, 0.1) is 6.07 Å². The predicted molar refractivity (Wildman–Crippen MR) is 76.4 cm³/mol. The van der Waals surface area contributed by atoms with E-state index in [1.165, 1.54) is 11.1 Å². The summed E-state index contributed by atoms with van der Waals surface area (Å²) in [7, 11) is 0. The van der Waals surface area contributed by atoms with Crippen molar-refractivity contribution in [3.05, 3.63) is 65.7 Å². The number of nitrogens with zero attached hydrogens (tertiary/aromatic N) is 1. The Morgan fingerprint density at radius 2 is 1.63 bits per heavy atom. The Morgan fingerprint density at radius 1 is 1.00 bits per heavy atom. The molecule has 0 spiro atoms. The van der Waals surface area contributed by atoms with Crippen molar-refractivity contribution in [3.63, 3.8) is 0 Å². The molecule has 19 heavy (non-hydrogen) atoms. The van der Waals surface area contributed by atoms with Crippen LogP contribution in [0.15, 0.2) is 54.6 Å². The van der Waals surface area contributed by atoms with Crippen LogP contribution in [0, 0.1) is 11.3 Å². The molecule has 0 aliphatic heterocycles. The molecule has 1 atom stereocenters. The molecule has 96 valence electrons. The largest absolute Gasteiger partial charge is 0.491 e. The number of hydrogen-bond acceptors (Lipinski definition) is 2. The first-order chi connectivity index (χ1) is 9.28. The van der Waals surface area contributed by atoms with E-state index in [9.17, 15) is 0 Å². The third-order valence-electron chi connectivity index (χ3n) is 2.71. The fourth-order valence-corrected chi connectivity index (χ4v) is 1.80. The molecular weight excluding hydrogens is 258 g/mol. The lowest BCUT2D eigenvalue weighted by atomic mass is 10.1. The van der Waals surface area contributed by atoms with Gasteiger partial charge in [-0.3, -0.25) is 0 Å². The molecule has 3 heteroatoms. The molecule has 0 aliphatic rings. The Balaban J connectivity index is 1.93. The molecule has 0 bridgehead atoms. The van der Waals surface area contributed by atoms with Gasteiger partial charge in [-0.1, -0.05) is 42.5 Å². The van der Waals surface area contributed by atoms with Crippen LogP contribution in [-0.2, 0) is 6.42 Å². The highest BCUT2D eigenvalue weighted by Crippen LogP contribution is 2.15. The van der Waals surface area contributed by atoms with Crippen LogP contribution in [0.5, 0.6) is 5.75 Å². The molecule has 2 nitrogen and oxygen atoms in total. The molecule has 0 amide bonds. The zero-order valence-electron chi connectivity index (χ0n) is 10.4. The number of benzene rings is 2. The maximum absolute atomic E-state index is 8.56. The second-order valence-corrected chi connectivity index (χ2v) is 4.74. The summed E-state index contributed by atoms with van der Waals surface area (Å²) in [6.07, 6.45) is 0.900. The summed E-state index contributed by atoms with van der Waals surface area (Å²) in [6, 6.07) is 20.1. The highest BCUT2D eigenvalue weighted by atomic mass is 35.5. The maximum atomic E-state index is 8.56. The minimum absolute atomic E-state index is 0.204. The van der Waals surface area contributed by atoms with E-state index in [4.69, 9.17) is 21.6 Å². The van der Waals surface area contributed by atoms with Gasteiger partial charge in [-0.05, 0) is 29.7 Å². The third-order valence-corrected chi connectivity index (χ3v) is 2.93. The summed E-state index contributed by atoms with van der Waals surface area (Å²) < 4.78 is 5.41. The van der Waals surface area contributed by atoms with Crippen LogP contribution >= 0.6 is 11.6 Å². The SMILES string of the molecule is N#CC(Cl)COc1ccc(Cc2ccccc2)cc1. The van der Waals surface area contributed by atoms with Crippen molar-refractivity contribution in [1.29, 1.82) is 5.26 Å². The van der Waals surface area contributed by atoms with Gasteiger partial charge in [-0.2, -0.15) is 5.26 Å². The van der Waals surface area contributed by atoms with Gasteiger partial charge in [0.15, 0.2) is 5.38 Å². The number of rotatable bonds is 5. The van der Waals surface area contributed by atoms with Crippen molar-refractivity contribution in [2.45, 2.75) is 11.8 Å². The number of ether oxygens (including phenoxy) is 1. The van der Waals surface area contributed by atoms with Crippen molar-refractivity contribution in [2.24, 2.45) is 0 Å². The lowest BCUT2D eigenvalue weighted by molar-refractivity contribution is 0.329. The highest BCUT2D eigenvalue weighted by molar-refractivity contribution is 6.22. The fourth-order valence-electron chi connectivity index (χ4n) is 1.74. The molecule has 0 fully saturated rings. The molecule has 0 radical (unpaired) electrons. The Morgan fingerprint density at radius 3 is 2.26 bits per heavy atom. The van der Waals surface area contributed by atoms with Crippen molar-refractivity contribution in [2.75, 3.05) is 6.61 Å². The molecule has 0 saturated carbocycles. The smallest absolute Gasteiger partial charge is 0.154 e. The van der Waals surface area contributed by atoms with Crippen LogP contribution in [0.1, 0.15) is 11.1 Å². The molecule has 2 rings (SSSR count). The van der Waals surface area contributed by atoms with E-state index in [-0.39, 0.29) is 6.61 Å². The zero-order chi connectivity index (χ0) is 13.5. The van der Waals surface area contributed by atoms with Gasteiger partial charge in [-0.25, -0.2) is 0 Å². The first-order valence-corrected chi connectivity index (χ1v) is 6.51. The van der Waals surface area contributed by atoms with Gasteiger partial charge in [0, 0.05) is 0 Å². The van der Waals surface area contributed by atoms with Crippen molar-refractivity contribution < 1.29 is 4.74 Å². The summed E-state index contributed by atoms with van der Waals surface area (Å²) >= 11 is 5.67. The molecule has 0 aromatic heterocycles. The minimum Gasteiger partial charge on any atom is -0.491 e. The molecule has 1 unspecified atom stereocenters. The lowest BCUT2D eigenvalue weighted by Crippen LogP contribution is -2.08. The topological polar surface area (TPSA) is 33.0 Å². The van der Waals surface area contributed by atoms with Gasteiger partial charge in [0.1, 0.15) is 12.4 Å². The molecule has 0 saturated heterocycles. The standard InChI is InChI=1S/C16H14ClNO/c17-15(11-18)12-19-16-8-6-14(7-9-16)10-13-4-2-1-3-5-13/h1-9,15H,10,12H2. The van der Waals surface area contributed by atoms with Crippen LogP contribution in [0.2, 0.25) is 0 Å². The van der Waals surface area contributed by atoms with E-state index >= 15 is 0 Å². The lowest BCUT2D eigenvalue weighted by Gasteiger charge is -2.07. The average Bonchev–Trinajstić information content (AvgIpc) is 2.47. The second kappa shape index (κ2) is 6.82. The molecule has 0 heterocycles. The van der Waals surface area contributed by atoms with Crippen molar-refractivity contribution in [1.82, 2.24) is 0 Å². The molecule has 0 aliphatic carbocycles. The number of halogens is 1. The Labute approximate surface area is 118 Å². The zero-order valence-corrected chi connectivity index (χ0v) is 11.2. The number of alkyl halides is 1. The molecule has 2 aromatic rings. The van der Waals surface area contributed by atoms with Crippen LogP contribution in [-0.4, -0.2) is 12.0 Å². The number of nitriles is 1. The van der Waals surface area contributed by atoms with Crippen molar-refractivity contribution in [3.8, 4) is 11.8 Å². The molecule has 2 aromatic carbocycles. The highest BCUT2D eigenvalue weighted by Gasteiger charge is 2.03. The first kappa shape index (κ1) is 13.5. The molecule has 0 N–H and O–H groups in total. The van der Waals surface area contributed by atoms with Gasteiger partial charge < -0.3 is 4.74 Å². The maximum Gasteiger partial charge on any atom is 0.154 e. The first-order valence-electron chi connectivity index (χ1n) is 6.07. The Hall–Kier alpha value is -1.98. The van der Waals surface area contributed by atoms with E-state index < -0.39 is 5.38 Å². The van der Waals surface area contributed by atoms with Crippen molar-refractivity contribution >= 4 is 11.6 Å².